The molecule has 3 rings (SSSR count). The van der Waals surface area contributed by atoms with Crippen molar-refractivity contribution in [2.45, 2.75) is 6.92 Å². The van der Waals surface area contributed by atoms with Crippen LogP contribution in [-0.4, -0.2) is 16.5 Å². The fraction of sp³-hybridized carbons (Fsp3) is 0.125. The molecule has 0 unspecified atom stereocenters. The second kappa shape index (κ2) is 5.75. The van der Waals surface area contributed by atoms with Gasteiger partial charge in [0.05, 0.1) is 3.57 Å². The standard InChI is InChI=1S/C16H14IN3/c1-2-18-16-14(17)10-19-15(20-16)13-8-7-11-5-3-4-6-12(11)9-13/h3-10H,2H2,1H3,(H,18,19,20). The van der Waals surface area contributed by atoms with Gasteiger partial charge in [0.15, 0.2) is 5.82 Å². The summed E-state index contributed by atoms with van der Waals surface area (Å²) in [5.74, 6) is 1.65. The molecule has 0 aliphatic carbocycles. The Bertz CT molecular complexity index is 756. The van der Waals surface area contributed by atoms with Crippen LogP contribution in [-0.2, 0) is 0 Å². The van der Waals surface area contributed by atoms with E-state index >= 15 is 0 Å². The molecule has 0 amide bonds. The molecule has 0 saturated heterocycles. The maximum absolute atomic E-state index is 4.61. The fourth-order valence-corrected chi connectivity index (χ4v) is 2.58. The molecule has 1 N–H and O–H groups in total. The summed E-state index contributed by atoms with van der Waals surface area (Å²) in [6.07, 6.45) is 1.86. The predicted octanol–water partition coefficient (Wildman–Crippen LogP) is 4.33. The average Bonchev–Trinajstić information content (AvgIpc) is 2.49. The van der Waals surface area contributed by atoms with Crippen molar-refractivity contribution in [1.29, 1.82) is 0 Å². The monoisotopic (exact) mass is 375 g/mol. The summed E-state index contributed by atoms with van der Waals surface area (Å²) in [7, 11) is 0. The largest absolute Gasteiger partial charge is 0.369 e. The average molecular weight is 375 g/mol. The van der Waals surface area contributed by atoms with E-state index in [0.29, 0.717) is 0 Å². The van der Waals surface area contributed by atoms with Crippen molar-refractivity contribution < 1.29 is 0 Å². The number of hydrogen-bond acceptors (Lipinski definition) is 3. The highest BCUT2D eigenvalue weighted by molar-refractivity contribution is 14.1. The summed E-state index contributed by atoms with van der Waals surface area (Å²) in [5.41, 5.74) is 1.04. The van der Waals surface area contributed by atoms with Crippen LogP contribution in [0.25, 0.3) is 22.2 Å². The molecule has 20 heavy (non-hydrogen) atoms. The zero-order valence-electron chi connectivity index (χ0n) is 11.1. The van der Waals surface area contributed by atoms with Crippen molar-refractivity contribution in [2.75, 3.05) is 11.9 Å². The lowest BCUT2D eigenvalue weighted by Crippen LogP contribution is -2.03. The van der Waals surface area contributed by atoms with Crippen molar-refractivity contribution in [2.24, 2.45) is 0 Å². The molecule has 0 saturated carbocycles. The zero-order chi connectivity index (χ0) is 13.9. The van der Waals surface area contributed by atoms with Crippen LogP contribution >= 0.6 is 22.6 Å². The second-order valence-corrected chi connectivity index (χ2v) is 5.64. The topological polar surface area (TPSA) is 37.8 Å². The van der Waals surface area contributed by atoms with Crippen molar-refractivity contribution in [3.63, 3.8) is 0 Å². The van der Waals surface area contributed by atoms with Crippen LogP contribution in [0.4, 0.5) is 5.82 Å². The van der Waals surface area contributed by atoms with Crippen molar-refractivity contribution >= 4 is 39.2 Å². The molecule has 1 heterocycles. The number of fused-ring (bicyclic) bond motifs is 1. The highest BCUT2D eigenvalue weighted by Gasteiger charge is 2.07. The van der Waals surface area contributed by atoms with Gasteiger partial charge in [0.2, 0.25) is 0 Å². The van der Waals surface area contributed by atoms with Crippen LogP contribution in [0, 0.1) is 3.57 Å². The maximum atomic E-state index is 4.61. The minimum atomic E-state index is 0.757. The van der Waals surface area contributed by atoms with Crippen molar-refractivity contribution in [3.8, 4) is 11.4 Å². The van der Waals surface area contributed by atoms with E-state index in [2.05, 4.69) is 75.1 Å². The summed E-state index contributed by atoms with van der Waals surface area (Å²) in [4.78, 5) is 9.05. The quantitative estimate of drug-likeness (QED) is 0.693. The van der Waals surface area contributed by atoms with Gasteiger partial charge in [-0.3, -0.25) is 0 Å². The highest BCUT2D eigenvalue weighted by atomic mass is 127. The Morgan fingerprint density at radius 1 is 1.10 bits per heavy atom. The number of hydrogen-bond donors (Lipinski definition) is 1. The first kappa shape index (κ1) is 13.3. The van der Waals surface area contributed by atoms with E-state index in [-0.39, 0.29) is 0 Å². The Balaban J connectivity index is 2.08. The van der Waals surface area contributed by atoms with Crippen LogP contribution < -0.4 is 5.32 Å². The van der Waals surface area contributed by atoms with E-state index in [0.717, 1.165) is 27.3 Å². The Labute approximate surface area is 131 Å². The molecule has 0 aliphatic rings. The molecule has 0 spiro atoms. The molecule has 0 radical (unpaired) electrons. The van der Waals surface area contributed by atoms with Crippen LogP contribution in [0.3, 0.4) is 0 Å². The summed E-state index contributed by atoms with van der Waals surface area (Å²) < 4.78 is 1.04. The molecular formula is C16H14IN3. The molecule has 3 aromatic rings. The molecule has 0 fully saturated rings. The molecule has 0 bridgehead atoms. The number of anilines is 1. The lowest BCUT2D eigenvalue weighted by atomic mass is 10.1. The normalized spacial score (nSPS) is 10.7. The number of aromatic nitrogens is 2. The van der Waals surface area contributed by atoms with E-state index in [4.69, 9.17) is 0 Å². The zero-order valence-corrected chi connectivity index (χ0v) is 13.3. The van der Waals surface area contributed by atoms with Gasteiger partial charge in [-0.25, -0.2) is 9.97 Å². The molecule has 1 aromatic heterocycles. The van der Waals surface area contributed by atoms with Gasteiger partial charge in [-0.1, -0.05) is 36.4 Å². The maximum Gasteiger partial charge on any atom is 0.161 e. The molecule has 4 heteroatoms. The first-order valence-corrected chi connectivity index (χ1v) is 7.61. The Hall–Kier alpha value is -1.69. The summed E-state index contributed by atoms with van der Waals surface area (Å²) in [6.45, 7) is 2.91. The number of halogens is 1. The van der Waals surface area contributed by atoms with Crippen LogP contribution in [0.1, 0.15) is 6.92 Å². The summed E-state index contributed by atoms with van der Waals surface area (Å²) >= 11 is 2.25. The second-order valence-electron chi connectivity index (χ2n) is 4.48. The van der Waals surface area contributed by atoms with Gasteiger partial charge >= 0.3 is 0 Å². The Morgan fingerprint density at radius 2 is 1.90 bits per heavy atom. The van der Waals surface area contributed by atoms with E-state index in [9.17, 15) is 0 Å². The van der Waals surface area contributed by atoms with E-state index < -0.39 is 0 Å². The third-order valence-electron chi connectivity index (χ3n) is 3.10. The number of nitrogens with zero attached hydrogens (tertiary/aromatic N) is 2. The van der Waals surface area contributed by atoms with Gasteiger partial charge in [0.1, 0.15) is 5.82 Å². The van der Waals surface area contributed by atoms with Gasteiger partial charge in [-0.05, 0) is 46.4 Å². The summed E-state index contributed by atoms with van der Waals surface area (Å²) in [5, 5.41) is 5.70. The number of rotatable bonds is 3. The predicted molar refractivity (Wildman–Crippen MR) is 91.9 cm³/mol. The highest BCUT2D eigenvalue weighted by Crippen LogP contribution is 2.24. The van der Waals surface area contributed by atoms with Gasteiger partial charge < -0.3 is 5.32 Å². The van der Waals surface area contributed by atoms with E-state index in [1.165, 1.54) is 10.8 Å². The molecule has 2 aromatic carbocycles. The van der Waals surface area contributed by atoms with Crippen LogP contribution in [0.5, 0.6) is 0 Å². The number of benzene rings is 2. The fourth-order valence-electron chi connectivity index (χ4n) is 2.13. The smallest absolute Gasteiger partial charge is 0.161 e. The minimum absolute atomic E-state index is 0.757. The van der Waals surface area contributed by atoms with E-state index in [1.54, 1.807) is 0 Å². The van der Waals surface area contributed by atoms with Gasteiger partial charge in [0, 0.05) is 18.3 Å². The van der Waals surface area contributed by atoms with Crippen LogP contribution in [0.2, 0.25) is 0 Å². The molecule has 0 aliphatic heterocycles. The SMILES string of the molecule is CCNc1nc(-c2ccc3ccccc3c2)ncc1I. The first-order valence-electron chi connectivity index (χ1n) is 6.53. The van der Waals surface area contributed by atoms with Gasteiger partial charge in [0.25, 0.3) is 0 Å². The Morgan fingerprint density at radius 3 is 2.70 bits per heavy atom. The van der Waals surface area contributed by atoms with E-state index in [1.807, 2.05) is 18.3 Å². The third-order valence-corrected chi connectivity index (χ3v) is 3.89. The molecule has 0 atom stereocenters. The lowest BCUT2D eigenvalue weighted by molar-refractivity contribution is 1.10. The molecule has 100 valence electrons. The lowest BCUT2D eigenvalue weighted by Gasteiger charge is -2.08. The third kappa shape index (κ3) is 2.60. The van der Waals surface area contributed by atoms with Crippen molar-refractivity contribution in [3.05, 3.63) is 52.2 Å². The van der Waals surface area contributed by atoms with Crippen LogP contribution in [0.15, 0.2) is 48.7 Å². The minimum Gasteiger partial charge on any atom is -0.369 e. The molecule has 3 nitrogen and oxygen atoms in total. The molecular weight excluding hydrogens is 361 g/mol. The first-order chi connectivity index (χ1) is 9.78. The van der Waals surface area contributed by atoms with Gasteiger partial charge in [-0.15, -0.1) is 0 Å². The van der Waals surface area contributed by atoms with Gasteiger partial charge in [-0.2, -0.15) is 0 Å². The van der Waals surface area contributed by atoms with Crippen molar-refractivity contribution in [1.82, 2.24) is 9.97 Å². The summed E-state index contributed by atoms with van der Waals surface area (Å²) in [6, 6.07) is 14.6. The number of nitrogens with one attached hydrogen (secondary N) is 1. The Kier molecular flexibility index (Phi) is 3.82.